The van der Waals surface area contributed by atoms with Crippen molar-refractivity contribution < 1.29 is 0 Å². The fourth-order valence-corrected chi connectivity index (χ4v) is 2.54. The van der Waals surface area contributed by atoms with Crippen molar-refractivity contribution in [2.45, 2.75) is 36.6 Å². The molecule has 0 amide bonds. The summed E-state index contributed by atoms with van der Waals surface area (Å²) in [5, 5.41) is 1.02. The lowest BCUT2D eigenvalue weighted by molar-refractivity contribution is 0.865. The standard InChI is InChI=1S/C15H18N2S/c1-10(2)12-4-6-14(7-5-12)18-15-11(3)8-13(16)9-17-15/h4-10H,16H2,1-3H3. The molecule has 94 valence electrons. The maximum Gasteiger partial charge on any atom is 0.104 e. The minimum atomic E-state index is 0.570. The lowest BCUT2D eigenvalue weighted by Crippen LogP contribution is -1.91. The second-order valence-corrected chi connectivity index (χ2v) is 5.78. The van der Waals surface area contributed by atoms with Gasteiger partial charge in [-0.3, -0.25) is 0 Å². The average molecular weight is 258 g/mol. The van der Waals surface area contributed by atoms with Crippen LogP contribution >= 0.6 is 11.8 Å². The van der Waals surface area contributed by atoms with Crippen LogP contribution in [-0.4, -0.2) is 4.98 Å². The van der Waals surface area contributed by atoms with Crippen molar-refractivity contribution in [3.63, 3.8) is 0 Å². The summed E-state index contributed by atoms with van der Waals surface area (Å²) in [6.07, 6.45) is 1.71. The molecule has 2 aromatic rings. The Morgan fingerprint density at radius 1 is 1.17 bits per heavy atom. The molecule has 1 heterocycles. The first-order valence-electron chi connectivity index (χ1n) is 6.06. The summed E-state index contributed by atoms with van der Waals surface area (Å²) in [6.45, 7) is 6.44. The van der Waals surface area contributed by atoms with Crippen molar-refractivity contribution in [1.82, 2.24) is 4.98 Å². The highest BCUT2D eigenvalue weighted by molar-refractivity contribution is 7.99. The first-order valence-corrected chi connectivity index (χ1v) is 6.88. The molecule has 2 N–H and O–H groups in total. The Labute approximate surface area is 113 Å². The first kappa shape index (κ1) is 13.0. The van der Waals surface area contributed by atoms with E-state index in [9.17, 15) is 0 Å². The number of anilines is 1. The number of hydrogen-bond donors (Lipinski definition) is 1. The molecule has 0 unspecified atom stereocenters. The molecular weight excluding hydrogens is 240 g/mol. The SMILES string of the molecule is Cc1cc(N)cnc1Sc1ccc(C(C)C)cc1. The van der Waals surface area contributed by atoms with E-state index in [1.54, 1.807) is 18.0 Å². The number of pyridine rings is 1. The van der Waals surface area contributed by atoms with Gasteiger partial charge in [-0.2, -0.15) is 0 Å². The summed E-state index contributed by atoms with van der Waals surface area (Å²) >= 11 is 1.68. The van der Waals surface area contributed by atoms with Crippen molar-refractivity contribution >= 4 is 17.4 Å². The summed E-state index contributed by atoms with van der Waals surface area (Å²) in [5.74, 6) is 0.570. The topological polar surface area (TPSA) is 38.9 Å². The van der Waals surface area contributed by atoms with Crippen LogP contribution in [0.4, 0.5) is 5.69 Å². The number of benzene rings is 1. The Hall–Kier alpha value is -1.48. The Balaban J connectivity index is 2.18. The van der Waals surface area contributed by atoms with Crippen LogP contribution in [0.15, 0.2) is 46.5 Å². The molecule has 18 heavy (non-hydrogen) atoms. The van der Waals surface area contributed by atoms with E-state index in [4.69, 9.17) is 5.73 Å². The fraction of sp³-hybridized carbons (Fsp3) is 0.267. The van der Waals surface area contributed by atoms with Crippen molar-refractivity contribution in [3.05, 3.63) is 47.7 Å². The second kappa shape index (κ2) is 5.44. The molecule has 0 radical (unpaired) electrons. The van der Waals surface area contributed by atoms with Gasteiger partial charge in [0.25, 0.3) is 0 Å². The Morgan fingerprint density at radius 3 is 2.39 bits per heavy atom. The number of hydrogen-bond acceptors (Lipinski definition) is 3. The van der Waals surface area contributed by atoms with Gasteiger partial charge in [-0.15, -0.1) is 0 Å². The van der Waals surface area contributed by atoms with E-state index in [0.29, 0.717) is 11.6 Å². The van der Waals surface area contributed by atoms with Crippen LogP contribution in [0.3, 0.4) is 0 Å². The van der Waals surface area contributed by atoms with Gasteiger partial charge < -0.3 is 5.73 Å². The van der Waals surface area contributed by atoms with E-state index in [-0.39, 0.29) is 0 Å². The monoisotopic (exact) mass is 258 g/mol. The van der Waals surface area contributed by atoms with Crippen LogP contribution < -0.4 is 5.73 Å². The Kier molecular flexibility index (Phi) is 3.92. The molecule has 1 aromatic heterocycles. The van der Waals surface area contributed by atoms with E-state index in [1.165, 1.54) is 10.5 Å². The summed E-state index contributed by atoms with van der Waals surface area (Å²) in [5.41, 5.74) is 8.90. The molecular formula is C15H18N2S. The van der Waals surface area contributed by atoms with Crippen molar-refractivity contribution in [1.29, 1.82) is 0 Å². The molecule has 2 rings (SSSR count). The average Bonchev–Trinajstić information content (AvgIpc) is 2.33. The van der Waals surface area contributed by atoms with E-state index in [1.807, 2.05) is 13.0 Å². The van der Waals surface area contributed by atoms with Gasteiger partial charge in [0.2, 0.25) is 0 Å². The zero-order valence-electron chi connectivity index (χ0n) is 11.0. The third kappa shape index (κ3) is 3.05. The molecule has 0 atom stereocenters. The molecule has 0 aliphatic carbocycles. The highest BCUT2D eigenvalue weighted by Crippen LogP contribution is 2.30. The third-order valence-electron chi connectivity index (χ3n) is 2.81. The van der Waals surface area contributed by atoms with Crippen LogP contribution in [0.5, 0.6) is 0 Å². The molecule has 0 aliphatic heterocycles. The summed E-state index contributed by atoms with van der Waals surface area (Å²) < 4.78 is 0. The lowest BCUT2D eigenvalue weighted by atomic mass is 10.0. The molecule has 1 aromatic carbocycles. The second-order valence-electron chi connectivity index (χ2n) is 4.72. The van der Waals surface area contributed by atoms with Crippen molar-refractivity contribution in [2.24, 2.45) is 0 Å². The summed E-state index contributed by atoms with van der Waals surface area (Å²) in [4.78, 5) is 5.58. The summed E-state index contributed by atoms with van der Waals surface area (Å²) in [7, 11) is 0. The van der Waals surface area contributed by atoms with E-state index in [2.05, 4.69) is 43.1 Å². The molecule has 0 saturated carbocycles. The van der Waals surface area contributed by atoms with Gasteiger partial charge >= 0.3 is 0 Å². The summed E-state index contributed by atoms with van der Waals surface area (Å²) in [6, 6.07) is 10.6. The minimum Gasteiger partial charge on any atom is -0.397 e. The van der Waals surface area contributed by atoms with Gasteiger partial charge in [0.15, 0.2) is 0 Å². The van der Waals surface area contributed by atoms with Crippen LogP contribution in [0.1, 0.15) is 30.9 Å². The fourth-order valence-electron chi connectivity index (χ4n) is 1.72. The highest BCUT2D eigenvalue weighted by Gasteiger charge is 2.04. The zero-order chi connectivity index (χ0) is 13.1. The van der Waals surface area contributed by atoms with Crippen LogP contribution in [0, 0.1) is 6.92 Å². The van der Waals surface area contributed by atoms with E-state index in [0.717, 1.165) is 10.6 Å². The van der Waals surface area contributed by atoms with Gasteiger partial charge in [-0.1, -0.05) is 37.7 Å². The normalized spacial score (nSPS) is 10.9. The lowest BCUT2D eigenvalue weighted by Gasteiger charge is -2.08. The zero-order valence-corrected chi connectivity index (χ0v) is 11.8. The predicted molar refractivity (Wildman–Crippen MR) is 78.0 cm³/mol. The van der Waals surface area contributed by atoms with Crippen molar-refractivity contribution in [2.75, 3.05) is 5.73 Å². The van der Waals surface area contributed by atoms with Gasteiger partial charge in [-0.05, 0) is 42.2 Å². The van der Waals surface area contributed by atoms with E-state index < -0.39 is 0 Å². The molecule has 0 aliphatic rings. The Bertz CT molecular complexity index is 533. The first-order chi connectivity index (χ1) is 8.56. The smallest absolute Gasteiger partial charge is 0.104 e. The van der Waals surface area contributed by atoms with Crippen LogP contribution in [0.25, 0.3) is 0 Å². The third-order valence-corrected chi connectivity index (χ3v) is 3.94. The van der Waals surface area contributed by atoms with Crippen LogP contribution in [-0.2, 0) is 0 Å². The molecule has 3 heteroatoms. The maximum absolute atomic E-state index is 5.70. The van der Waals surface area contributed by atoms with E-state index >= 15 is 0 Å². The minimum absolute atomic E-state index is 0.570. The number of nitrogen functional groups attached to an aromatic ring is 1. The number of aromatic nitrogens is 1. The van der Waals surface area contributed by atoms with Crippen molar-refractivity contribution in [3.8, 4) is 0 Å². The largest absolute Gasteiger partial charge is 0.397 e. The maximum atomic E-state index is 5.70. The highest BCUT2D eigenvalue weighted by atomic mass is 32.2. The van der Waals surface area contributed by atoms with Gasteiger partial charge in [0.05, 0.1) is 11.9 Å². The predicted octanol–water partition coefficient (Wildman–Crippen LogP) is 4.25. The molecule has 0 fully saturated rings. The van der Waals surface area contributed by atoms with Gasteiger partial charge in [0.1, 0.15) is 5.03 Å². The number of nitrogens with two attached hydrogens (primary N) is 1. The number of rotatable bonds is 3. The molecule has 2 nitrogen and oxygen atoms in total. The molecule has 0 saturated heterocycles. The molecule has 0 spiro atoms. The van der Waals surface area contributed by atoms with Gasteiger partial charge in [0, 0.05) is 4.90 Å². The number of nitrogens with zero attached hydrogens (tertiary/aromatic N) is 1. The van der Waals surface area contributed by atoms with Gasteiger partial charge in [-0.25, -0.2) is 4.98 Å². The quantitative estimate of drug-likeness (QED) is 0.894. The molecule has 0 bridgehead atoms. The van der Waals surface area contributed by atoms with Crippen LogP contribution in [0.2, 0.25) is 0 Å². The Morgan fingerprint density at radius 2 is 1.83 bits per heavy atom. The number of aryl methyl sites for hydroxylation is 1.